The molecule has 6 heteroatoms. The Morgan fingerprint density at radius 1 is 1.45 bits per heavy atom. The molecule has 2 rings (SSSR count). The fraction of sp³-hybridized carbons (Fsp3) is 0.500. The van der Waals surface area contributed by atoms with Gasteiger partial charge in [-0.2, -0.15) is 0 Å². The first-order valence-corrected chi connectivity index (χ1v) is 6.83. The molecule has 0 bridgehead atoms. The molecule has 20 heavy (non-hydrogen) atoms. The number of nitro benzene ring substituents is 1. The van der Waals surface area contributed by atoms with Crippen LogP contribution in [0.2, 0.25) is 0 Å². The van der Waals surface area contributed by atoms with Gasteiger partial charge in [0.05, 0.1) is 4.92 Å². The van der Waals surface area contributed by atoms with Gasteiger partial charge in [0.25, 0.3) is 5.69 Å². The summed E-state index contributed by atoms with van der Waals surface area (Å²) < 4.78 is 0. The number of hydrogen-bond acceptors (Lipinski definition) is 4. The van der Waals surface area contributed by atoms with E-state index in [2.05, 4.69) is 5.32 Å². The number of non-ortho nitro benzene ring substituents is 1. The predicted molar refractivity (Wildman–Crippen MR) is 74.9 cm³/mol. The van der Waals surface area contributed by atoms with Crippen LogP contribution in [0.15, 0.2) is 24.3 Å². The first-order chi connectivity index (χ1) is 9.56. The number of carbonyl (C=O) groups excluding carboxylic acids is 1. The first-order valence-electron chi connectivity index (χ1n) is 6.83. The Hall–Kier alpha value is -1.95. The second-order valence-electron chi connectivity index (χ2n) is 5.27. The van der Waals surface area contributed by atoms with Crippen molar-refractivity contribution in [2.75, 3.05) is 0 Å². The highest BCUT2D eigenvalue weighted by Crippen LogP contribution is 2.23. The van der Waals surface area contributed by atoms with E-state index in [0.29, 0.717) is 6.54 Å². The molecule has 0 radical (unpaired) electrons. The third-order valence-electron chi connectivity index (χ3n) is 3.67. The van der Waals surface area contributed by atoms with E-state index in [-0.39, 0.29) is 23.6 Å². The van der Waals surface area contributed by atoms with Gasteiger partial charge in [-0.1, -0.05) is 18.6 Å². The van der Waals surface area contributed by atoms with E-state index in [9.17, 15) is 14.9 Å². The number of nitrogens with two attached hydrogens (primary N) is 1. The number of hydrogen-bond donors (Lipinski definition) is 2. The lowest BCUT2D eigenvalue weighted by molar-refractivity contribution is -0.384. The van der Waals surface area contributed by atoms with Crippen LogP contribution in [-0.4, -0.2) is 16.9 Å². The topological polar surface area (TPSA) is 98.3 Å². The van der Waals surface area contributed by atoms with Gasteiger partial charge in [-0.25, -0.2) is 0 Å². The van der Waals surface area contributed by atoms with Crippen molar-refractivity contribution < 1.29 is 9.72 Å². The minimum absolute atomic E-state index is 0.00773. The average molecular weight is 277 g/mol. The molecule has 1 aromatic carbocycles. The minimum atomic E-state index is -0.439. The monoisotopic (exact) mass is 277 g/mol. The zero-order valence-electron chi connectivity index (χ0n) is 11.2. The van der Waals surface area contributed by atoms with Crippen LogP contribution in [-0.2, 0) is 11.3 Å². The maximum atomic E-state index is 12.0. The summed E-state index contributed by atoms with van der Waals surface area (Å²) in [7, 11) is 0. The molecule has 1 aromatic rings. The van der Waals surface area contributed by atoms with Crippen molar-refractivity contribution in [3.05, 3.63) is 39.9 Å². The van der Waals surface area contributed by atoms with Gasteiger partial charge in [0.15, 0.2) is 0 Å². The highest BCUT2D eigenvalue weighted by molar-refractivity contribution is 5.78. The Labute approximate surface area is 117 Å². The van der Waals surface area contributed by atoms with E-state index < -0.39 is 4.92 Å². The van der Waals surface area contributed by atoms with Crippen LogP contribution in [0.3, 0.4) is 0 Å². The number of nitro groups is 1. The molecule has 1 saturated carbocycles. The lowest BCUT2D eigenvalue weighted by Crippen LogP contribution is -2.37. The first kappa shape index (κ1) is 14.5. The maximum absolute atomic E-state index is 12.0. The smallest absolute Gasteiger partial charge is 0.269 e. The highest BCUT2D eigenvalue weighted by Gasteiger charge is 2.25. The largest absolute Gasteiger partial charge is 0.352 e. The lowest BCUT2D eigenvalue weighted by atomic mass is 9.85. The summed E-state index contributed by atoms with van der Waals surface area (Å²) in [5.41, 5.74) is 6.64. The highest BCUT2D eigenvalue weighted by atomic mass is 16.6. The van der Waals surface area contributed by atoms with E-state index >= 15 is 0 Å². The molecule has 0 heterocycles. The number of nitrogens with zero attached hydrogens (tertiary/aromatic N) is 1. The van der Waals surface area contributed by atoms with E-state index in [1.807, 2.05) is 0 Å². The maximum Gasteiger partial charge on any atom is 0.269 e. The number of carbonyl (C=O) groups is 1. The molecule has 3 N–H and O–H groups in total. The van der Waals surface area contributed by atoms with Gasteiger partial charge in [0.1, 0.15) is 0 Å². The van der Waals surface area contributed by atoms with Crippen molar-refractivity contribution in [2.24, 2.45) is 11.7 Å². The molecule has 108 valence electrons. The van der Waals surface area contributed by atoms with Crippen molar-refractivity contribution in [2.45, 2.75) is 38.3 Å². The van der Waals surface area contributed by atoms with Gasteiger partial charge in [-0.15, -0.1) is 0 Å². The fourth-order valence-corrected chi connectivity index (χ4v) is 2.58. The molecule has 0 aliphatic heterocycles. The van der Waals surface area contributed by atoms with E-state index in [1.165, 1.54) is 12.1 Å². The summed E-state index contributed by atoms with van der Waals surface area (Å²) in [6.45, 7) is 0.312. The normalized spacial score (nSPS) is 22.2. The second-order valence-corrected chi connectivity index (χ2v) is 5.27. The standard InChI is InChI=1S/C14H19N3O3/c15-12-5-2-4-11(8-12)14(18)16-9-10-3-1-6-13(7-10)17(19)20/h1,3,6-7,11-12H,2,4-5,8-9,15H2,(H,16,18). The number of amides is 1. The van der Waals surface area contributed by atoms with Crippen LogP contribution < -0.4 is 11.1 Å². The van der Waals surface area contributed by atoms with Crippen molar-refractivity contribution in [3.63, 3.8) is 0 Å². The Morgan fingerprint density at radius 2 is 2.25 bits per heavy atom. The molecule has 1 amide bonds. The summed E-state index contributed by atoms with van der Waals surface area (Å²) in [6, 6.07) is 6.41. The molecule has 0 saturated heterocycles. The van der Waals surface area contributed by atoms with E-state index in [1.54, 1.807) is 12.1 Å². The van der Waals surface area contributed by atoms with Crippen LogP contribution >= 0.6 is 0 Å². The fourth-order valence-electron chi connectivity index (χ4n) is 2.58. The Bertz CT molecular complexity index is 504. The summed E-state index contributed by atoms with van der Waals surface area (Å²) in [5.74, 6) is -0.0379. The van der Waals surface area contributed by atoms with Gasteiger partial charge in [0.2, 0.25) is 5.91 Å². The van der Waals surface area contributed by atoms with Crippen LogP contribution in [0.25, 0.3) is 0 Å². The number of nitrogens with one attached hydrogen (secondary N) is 1. The molecule has 2 atom stereocenters. The molecular weight excluding hydrogens is 258 g/mol. The number of benzene rings is 1. The van der Waals surface area contributed by atoms with Crippen LogP contribution in [0.5, 0.6) is 0 Å². The summed E-state index contributed by atoms with van der Waals surface area (Å²) in [4.78, 5) is 22.3. The summed E-state index contributed by atoms with van der Waals surface area (Å²) in [6.07, 6.45) is 3.56. The lowest BCUT2D eigenvalue weighted by Gasteiger charge is -2.25. The number of rotatable bonds is 4. The van der Waals surface area contributed by atoms with E-state index in [0.717, 1.165) is 31.2 Å². The van der Waals surface area contributed by atoms with Gasteiger partial charge in [-0.05, 0) is 24.8 Å². The molecular formula is C14H19N3O3. The Kier molecular flexibility index (Phi) is 4.68. The Morgan fingerprint density at radius 3 is 2.95 bits per heavy atom. The van der Waals surface area contributed by atoms with Gasteiger partial charge < -0.3 is 11.1 Å². The molecule has 6 nitrogen and oxygen atoms in total. The van der Waals surface area contributed by atoms with Gasteiger partial charge >= 0.3 is 0 Å². The van der Waals surface area contributed by atoms with Crippen LogP contribution in [0, 0.1) is 16.0 Å². The molecule has 2 unspecified atom stereocenters. The third kappa shape index (κ3) is 3.77. The van der Waals surface area contributed by atoms with Gasteiger partial charge in [-0.3, -0.25) is 14.9 Å². The van der Waals surface area contributed by atoms with Crippen LogP contribution in [0.1, 0.15) is 31.2 Å². The second kappa shape index (κ2) is 6.47. The molecule has 1 aliphatic rings. The average Bonchev–Trinajstić information content (AvgIpc) is 2.45. The van der Waals surface area contributed by atoms with Crippen LogP contribution in [0.4, 0.5) is 5.69 Å². The predicted octanol–water partition coefficient (Wildman–Crippen LogP) is 1.73. The van der Waals surface area contributed by atoms with Crippen molar-refractivity contribution in [1.82, 2.24) is 5.32 Å². The molecule has 0 aromatic heterocycles. The Balaban J connectivity index is 1.89. The third-order valence-corrected chi connectivity index (χ3v) is 3.67. The minimum Gasteiger partial charge on any atom is -0.352 e. The molecule has 1 aliphatic carbocycles. The van der Waals surface area contributed by atoms with E-state index in [4.69, 9.17) is 5.73 Å². The quantitative estimate of drug-likeness (QED) is 0.646. The summed E-state index contributed by atoms with van der Waals surface area (Å²) in [5, 5.41) is 13.5. The summed E-state index contributed by atoms with van der Waals surface area (Å²) >= 11 is 0. The van der Waals surface area contributed by atoms with Gasteiger partial charge in [0, 0.05) is 30.6 Å². The zero-order chi connectivity index (χ0) is 14.5. The SMILES string of the molecule is NC1CCCC(C(=O)NCc2cccc([N+](=O)[O-])c2)C1. The van der Waals surface area contributed by atoms with Crippen molar-refractivity contribution in [1.29, 1.82) is 0 Å². The molecule has 0 spiro atoms. The molecule has 1 fully saturated rings. The van der Waals surface area contributed by atoms with Crippen molar-refractivity contribution in [3.8, 4) is 0 Å². The van der Waals surface area contributed by atoms with Crippen molar-refractivity contribution >= 4 is 11.6 Å². The zero-order valence-corrected chi connectivity index (χ0v) is 11.2.